The van der Waals surface area contributed by atoms with E-state index in [1.807, 2.05) is 43.4 Å². The molecule has 17 nitrogen and oxygen atoms in total. The van der Waals surface area contributed by atoms with E-state index in [2.05, 4.69) is 55.4 Å². The Bertz CT molecular complexity index is 2980. The minimum Gasteiger partial charge on any atom is -0.493 e. The van der Waals surface area contributed by atoms with Crippen molar-refractivity contribution in [3.63, 3.8) is 0 Å². The van der Waals surface area contributed by atoms with Crippen LogP contribution in [0.5, 0.6) is 11.5 Å². The predicted octanol–water partition coefficient (Wildman–Crippen LogP) is 5.66. The Morgan fingerprint density at radius 2 is 1.69 bits per heavy atom. The largest absolute Gasteiger partial charge is 0.493 e. The molecule has 4 aliphatic rings. The number of carbonyl (C=O) groups excluding carboxylic acids is 5. The molecule has 0 bridgehead atoms. The number of piperidine rings is 1. The van der Waals surface area contributed by atoms with Crippen LogP contribution in [-0.4, -0.2) is 135 Å². The van der Waals surface area contributed by atoms with E-state index in [1.54, 1.807) is 53.7 Å². The van der Waals surface area contributed by atoms with Gasteiger partial charge in [-0.25, -0.2) is 9.97 Å². The molecule has 17 heteroatoms. The number of benzene rings is 2. The molecule has 3 aromatic heterocycles. The summed E-state index contributed by atoms with van der Waals surface area (Å²) in [5.41, 5.74) is 6.56. The van der Waals surface area contributed by atoms with Crippen LogP contribution in [0.4, 0.5) is 5.82 Å². The quantitative estimate of drug-likeness (QED) is 0.0659. The van der Waals surface area contributed by atoms with Crippen molar-refractivity contribution < 1.29 is 33.4 Å². The second-order valence-corrected chi connectivity index (χ2v) is 18.0. The molecule has 1 unspecified atom stereocenters. The summed E-state index contributed by atoms with van der Waals surface area (Å²) < 4.78 is 12.0. The van der Waals surface area contributed by atoms with Gasteiger partial charge in [-0.3, -0.25) is 49.1 Å². The van der Waals surface area contributed by atoms with Crippen molar-refractivity contribution in [3.8, 4) is 34.7 Å². The Morgan fingerprint density at radius 1 is 0.875 bits per heavy atom. The van der Waals surface area contributed by atoms with Gasteiger partial charge in [-0.1, -0.05) is 43.2 Å². The number of imide groups is 2. The second kappa shape index (κ2) is 22.3. The van der Waals surface area contributed by atoms with Crippen LogP contribution in [0.15, 0.2) is 86.2 Å². The number of hydrogen-bond donors (Lipinski definition) is 2. The number of ether oxygens (including phenoxy) is 2. The molecule has 9 rings (SSSR count). The number of hydrogen-bond acceptors (Lipinski definition) is 14. The zero-order valence-corrected chi connectivity index (χ0v) is 40.3. The van der Waals surface area contributed by atoms with Crippen molar-refractivity contribution in [3.05, 3.63) is 137 Å². The number of pyridine rings is 2. The summed E-state index contributed by atoms with van der Waals surface area (Å²) in [6.45, 7) is 14.8. The SMILES string of the molecule is C=Cc1cc(-c2nc3c(c(NC)n2)CCN(C(=O)c2ccc(COc4ccc(C#CCN5CCN(CCCCCOc6cccc7c6C(=O)N(C6CCC(=O)NC6=O)C7=O)CC5)cc4)cn2)C3)cnc1C=C. The molecule has 368 valence electrons. The van der Waals surface area contributed by atoms with Crippen molar-refractivity contribution in [2.75, 3.05) is 64.8 Å². The molecule has 0 aliphatic carbocycles. The maximum atomic E-state index is 13.6. The van der Waals surface area contributed by atoms with Gasteiger partial charge in [0.1, 0.15) is 35.7 Å². The lowest BCUT2D eigenvalue weighted by Gasteiger charge is -2.33. The van der Waals surface area contributed by atoms with E-state index in [0.717, 1.165) is 102 Å². The highest BCUT2D eigenvalue weighted by Crippen LogP contribution is 2.34. The van der Waals surface area contributed by atoms with E-state index >= 15 is 0 Å². The molecule has 0 saturated carbocycles. The van der Waals surface area contributed by atoms with E-state index in [0.29, 0.717) is 62.3 Å². The third kappa shape index (κ3) is 10.9. The van der Waals surface area contributed by atoms with Gasteiger partial charge in [-0.15, -0.1) is 0 Å². The number of amides is 5. The Kier molecular flexibility index (Phi) is 15.2. The van der Waals surface area contributed by atoms with Crippen molar-refractivity contribution in [1.82, 2.24) is 44.9 Å². The Balaban J connectivity index is 0.666. The van der Waals surface area contributed by atoms with Crippen molar-refractivity contribution in [2.24, 2.45) is 0 Å². The number of rotatable bonds is 17. The van der Waals surface area contributed by atoms with Crippen LogP contribution < -0.4 is 20.1 Å². The number of nitrogens with one attached hydrogen (secondary N) is 2. The molecule has 0 spiro atoms. The first-order valence-corrected chi connectivity index (χ1v) is 24.3. The number of piperazine rings is 1. The zero-order chi connectivity index (χ0) is 50.1. The van der Waals surface area contributed by atoms with E-state index in [-0.39, 0.29) is 29.9 Å². The van der Waals surface area contributed by atoms with Gasteiger partial charge < -0.3 is 24.6 Å². The highest BCUT2D eigenvalue weighted by atomic mass is 16.5. The molecule has 1 atom stereocenters. The van der Waals surface area contributed by atoms with E-state index in [9.17, 15) is 24.0 Å². The average Bonchev–Trinajstić information content (AvgIpc) is 3.67. The number of carbonyl (C=O) groups is 5. The van der Waals surface area contributed by atoms with E-state index < -0.39 is 29.7 Å². The first kappa shape index (κ1) is 48.9. The van der Waals surface area contributed by atoms with Crippen molar-refractivity contribution in [1.29, 1.82) is 0 Å². The molecule has 72 heavy (non-hydrogen) atoms. The summed E-state index contributed by atoms with van der Waals surface area (Å²) >= 11 is 0. The number of anilines is 1. The molecule has 2 N–H and O–H groups in total. The summed E-state index contributed by atoms with van der Waals surface area (Å²) in [7, 11) is 1.83. The molecular formula is C55H56N10O7. The highest BCUT2D eigenvalue weighted by molar-refractivity contribution is 6.24. The number of unbranched alkanes of at least 4 members (excludes halogenated alkanes) is 2. The molecular weight excluding hydrogens is 913 g/mol. The van der Waals surface area contributed by atoms with Gasteiger partial charge in [-0.05, 0) is 93.3 Å². The monoisotopic (exact) mass is 968 g/mol. The maximum absolute atomic E-state index is 13.6. The van der Waals surface area contributed by atoms with Gasteiger partial charge in [-0.2, -0.15) is 0 Å². The lowest BCUT2D eigenvalue weighted by molar-refractivity contribution is -0.136. The first-order chi connectivity index (χ1) is 35.1. The standard InChI is InChI=1S/C55H56N10O7/c1-4-38-31-39(33-58-43(38)5-2)50-59-45-34-64(25-22-41(45)51(56-3)61-50)54(69)44-19-16-37(32-57-44)35-72-40-17-14-36(15-18-40)11-10-24-63-28-26-62(27-29-63)23-7-6-8-30-71-47-13-9-12-42-49(47)55(70)65(53(42)68)46-20-21-48(66)60-52(46)67/h4-5,9,12-19,31-33,46H,1-2,6-8,20-30,34-35H2,3H3,(H,56,59,61)(H,60,66,67). The third-order valence-corrected chi connectivity index (χ3v) is 13.3. The highest BCUT2D eigenvalue weighted by Gasteiger charge is 2.46. The number of fused-ring (bicyclic) bond motifs is 2. The molecule has 0 radical (unpaired) electrons. The summed E-state index contributed by atoms with van der Waals surface area (Å²) in [6, 6.07) is 17.2. The minimum absolute atomic E-state index is 0.0686. The fourth-order valence-electron chi connectivity index (χ4n) is 9.31. The zero-order valence-electron chi connectivity index (χ0n) is 40.3. The topological polar surface area (TPSA) is 192 Å². The Labute approximate surface area is 418 Å². The average molecular weight is 969 g/mol. The van der Waals surface area contributed by atoms with Gasteiger partial charge in [0.05, 0.1) is 42.2 Å². The first-order valence-electron chi connectivity index (χ1n) is 24.3. The van der Waals surface area contributed by atoms with Gasteiger partial charge in [0.2, 0.25) is 11.8 Å². The maximum Gasteiger partial charge on any atom is 0.272 e. The molecule has 2 aromatic carbocycles. The summed E-state index contributed by atoms with van der Waals surface area (Å²) in [5.74, 6) is 6.56. The fraction of sp³-hybridized carbons (Fsp3) is 0.327. The van der Waals surface area contributed by atoms with Crippen LogP contribution >= 0.6 is 0 Å². The molecule has 2 fully saturated rings. The number of aromatic nitrogens is 4. The van der Waals surface area contributed by atoms with Gasteiger partial charge in [0, 0.05) is 86.4 Å². The smallest absolute Gasteiger partial charge is 0.272 e. The number of nitrogens with zero attached hydrogens (tertiary/aromatic N) is 8. The molecule has 2 saturated heterocycles. The fourth-order valence-corrected chi connectivity index (χ4v) is 9.31. The van der Waals surface area contributed by atoms with Gasteiger partial charge in [0.15, 0.2) is 5.82 Å². The lowest BCUT2D eigenvalue weighted by Crippen LogP contribution is -2.54. The normalized spacial score (nSPS) is 16.8. The molecule has 7 heterocycles. The molecule has 5 amide bonds. The molecule has 5 aromatic rings. The lowest BCUT2D eigenvalue weighted by atomic mass is 10.0. The summed E-state index contributed by atoms with van der Waals surface area (Å²) in [4.78, 5) is 90.3. The van der Waals surface area contributed by atoms with E-state index in [1.165, 1.54) is 0 Å². The second-order valence-electron chi connectivity index (χ2n) is 18.0. The predicted molar refractivity (Wildman–Crippen MR) is 271 cm³/mol. The van der Waals surface area contributed by atoms with Gasteiger partial charge in [0.25, 0.3) is 17.7 Å². The Morgan fingerprint density at radius 3 is 2.44 bits per heavy atom. The van der Waals surface area contributed by atoms with Gasteiger partial charge >= 0.3 is 0 Å². The summed E-state index contributed by atoms with van der Waals surface area (Å²) in [6.07, 6.45) is 10.3. The van der Waals surface area contributed by atoms with E-state index in [4.69, 9.17) is 19.4 Å². The van der Waals surface area contributed by atoms with Crippen molar-refractivity contribution in [2.45, 2.75) is 57.7 Å². The third-order valence-electron chi connectivity index (χ3n) is 13.3. The van der Waals surface area contributed by atoms with Crippen LogP contribution in [0.2, 0.25) is 0 Å². The van der Waals surface area contributed by atoms with Crippen LogP contribution in [-0.2, 0) is 29.2 Å². The van der Waals surface area contributed by atoms with Crippen molar-refractivity contribution >= 4 is 47.5 Å². The Hall–Kier alpha value is -8.07. The summed E-state index contributed by atoms with van der Waals surface area (Å²) in [5, 5.41) is 5.42. The van der Waals surface area contributed by atoms with Crippen LogP contribution in [0.1, 0.15) is 97.0 Å². The van der Waals surface area contributed by atoms with Crippen LogP contribution in [0.25, 0.3) is 23.5 Å². The van der Waals surface area contributed by atoms with Crippen LogP contribution in [0.3, 0.4) is 0 Å². The minimum atomic E-state index is -1.01. The van der Waals surface area contributed by atoms with Crippen LogP contribution in [0, 0.1) is 11.8 Å². The molecule has 4 aliphatic heterocycles.